The maximum Gasteiger partial charge on any atom is 0.419 e. The van der Waals surface area contributed by atoms with Crippen molar-refractivity contribution in [2.45, 2.75) is 13.1 Å². The van der Waals surface area contributed by atoms with Gasteiger partial charge in [0.05, 0.1) is 11.3 Å². The summed E-state index contributed by atoms with van der Waals surface area (Å²) in [7, 11) is 0. The predicted octanol–water partition coefficient (Wildman–Crippen LogP) is 3.19. The van der Waals surface area contributed by atoms with Gasteiger partial charge in [-0.2, -0.15) is 13.2 Å². The number of aromatic nitrogens is 2. The van der Waals surface area contributed by atoms with Gasteiger partial charge in [-0.25, -0.2) is 14.4 Å². The summed E-state index contributed by atoms with van der Waals surface area (Å²) in [6.07, 6.45) is -4.76. The van der Waals surface area contributed by atoms with Crippen LogP contribution in [0.5, 0.6) is 0 Å². The highest BCUT2D eigenvalue weighted by atomic mass is 19.4. The number of halogens is 4. The largest absolute Gasteiger partial charge is 0.419 e. The van der Waals surface area contributed by atoms with Gasteiger partial charge in [-0.05, 0) is 31.2 Å². The van der Waals surface area contributed by atoms with E-state index in [9.17, 15) is 17.6 Å². The van der Waals surface area contributed by atoms with Gasteiger partial charge >= 0.3 is 6.18 Å². The third-order valence-corrected chi connectivity index (χ3v) is 2.44. The number of rotatable bonds is 1. The number of hydrogen-bond acceptors (Lipinski definition) is 3. The van der Waals surface area contributed by atoms with Crippen molar-refractivity contribution in [1.82, 2.24) is 9.97 Å². The maximum absolute atomic E-state index is 13.2. The zero-order valence-corrected chi connectivity index (χ0v) is 9.79. The second kappa shape index (κ2) is 4.49. The first-order valence-corrected chi connectivity index (χ1v) is 5.25. The number of aryl methyl sites for hydroxylation is 1. The van der Waals surface area contributed by atoms with Crippen LogP contribution in [-0.2, 0) is 6.18 Å². The topological polar surface area (TPSA) is 51.8 Å². The summed E-state index contributed by atoms with van der Waals surface area (Å²) in [5, 5.41) is 0. The molecule has 100 valence electrons. The van der Waals surface area contributed by atoms with Crippen LogP contribution in [0.15, 0.2) is 24.3 Å². The van der Waals surface area contributed by atoms with Crippen molar-refractivity contribution >= 4 is 5.95 Å². The van der Waals surface area contributed by atoms with E-state index in [-0.39, 0.29) is 17.2 Å². The number of nitrogens with two attached hydrogens (primary N) is 1. The fraction of sp³-hybridized carbons (Fsp3) is 0.167. The number of nitrogen functional groups attached to an aromatic ring is 1. The molecule has 0 unspecified atom stereocenters. The van der Waals surface area contributed by atoms with E-state index in [2.05, 4.69) is 9.97 Å². The van der Waals surface area contributed by atoms with E-state index in [1.165, 1.54) is 12.1 Å². The number of nitrogens with zero attached hydrogens (tertiary/aromatic N) is 2. The Bertz CT molecular complexity index is 603. The van der Waals surface area contributed by atoms with E-state index >= 15 is 0 Å². The van der Waals surface area contributed by atoms with E-state index in [1.54, 1.807) is 6.92 Å². The van der Waals surface area contributed by atoms with E-state index < -0.39 is 17.6 Å². The highest BCUT2D eigenvalue weighted by molar-refractivity contribution is 5.61. The Labute approximate surface area is 106 Å². The lowest BCUT2D eigenvalue weighted by molar-refractivity contribution is -0.139. The summed E-state index contributed by atoms with van der Waals surface area (Å²) in [4.78, 5) is 7.65. The van der Waals surface area contributed by atoms with Gasteiger partial charge < -0.3 is 5.73 Å². The molecule has 0 aliphatic rings. The fourth-order valence-electron chi connectivity index (χ4n) is 1.64. The molecule has 2 aromatic rings. The number of alkyl halides is 3. The first-order chi connectivity index (χ1) is 8.77. The lowest BCUT2D eigenvalue weighted by atomic mass is 10.1. The Morgan fingerprint density at radius 1 is 1.11 bits per heavy atom. The Morgan fingerprint density at radius 3 is 2.37 bits per heavy atom. The Balaban J connectivity index is 2.58. The Hall–Kier alpha value is -2.18. The predicted molar refractivity (Wildman–Crippen MR) is 61.6 cm³/mol. The van der Waals surface area contributed by atoms with Gasteiger partial charge in [-0.15, -0.1) is 0 Å². The first-order valence-electron chi connectivity index (χ1n) is 5.25. The molecule has 3 nitrogen and oxygen atoms in total. The third kappa shape index (κ3) is 2.81. The molecule has 1 aromatic heterocycles. The average molecular weight is 271 g/mol. The molecule has 1 aromatic carbocycles. The van der Waals surface area contributed by atoms with Crippen LogP contribution in [0.1, 0.15) is 11.3 Å². The molecule has 7 heteroatoms. The van der Waals surface area contributed by atoms with Gasteiger partial charge in [0.2, 0.25) is 5.95 Å². The molecule has 0 amide bonds. The minimum Gasteiger partial charge on any atom is -0.368 e. The van der Waals surface area contributed by atoms with Crippen LogP contribution in [0.4, 0.5) is 23.5 Å². The molecular formula is C12H9F4N3. The van der Waals surface area contributed by atoms with Crippen molar-refractivity contribution in [3.05, 3.63) is 41.3 Å². The summed E-state index contributed by atoms with van der Waals surface area (Å²) in [5.41, 5.74) is 4.96. The molecule has 0 saturated carbocycles. The number of hydrogen-bond donors (Lipinski definition) is 1. The lowest BCUT2D eigenvalue weighted by Gasteiger charge is -2.10. The van der Waals surface area contributed by atoms with Crippen LogP contribution in [-0.4, -0.2) is 9.97 Å². The van der Waals surface area contributed by atoms with E-state index in [0.717, 1.165) is 6.07 Å². The molecule has 0 bridgehead atoms. The smallest absolute Gasteiger partial charge is 0.368 e. The molecule has 1 heterocycles. The normalized spacial score (nSPS) is 11.6. The summed E-state index contributed by atoms with van der Waals surface area (Å²) in [6.45, 7) is 1.63. The second-order valence-electron chi connectivity index (χ2n) is 3.95. The van der Waals surface area contributed by atoms with Crippen molar-refractivity contribution < 1.29 is 17.6 Å². The SMILES string of the molecule is Cc1cc(-c2ccc(F)c(C(F)(F)F)c2)nc(N)n1. The minimum absolute atomic E-state index is 0.0483. The van der Waals surface area contributed by atoms with Crippen LogP contribution in [0.2, 0.25) is 0 Å². The molecule has 0 spiro atoms. The molecule has 19 heavy (non-hydrogen) atoms. The molecule has 0 atom stereocenters. The summed E-state index contributed by atoms with van der Waals surface area (Å²) in [5.74, 6) is -1.37. The van der Waals surface area contributed by atoms with Gasteiger partial charge in [0.25, 0.3) is 0 Å². The van der Waals surface area contributed by atoms with E-state index in [1.807, 2.05) is 0 Å². The van der Waals surface area contributed by atoms with Crippen LogP contribution < -0.4 is 5.73 Å². The van der Waals surface area contributed by atoms with Gasteiger partial charge in [0, 0.05) is 11.3 Å². The van der Waals surface area contributed by atoms with Crippen molar-refractivity contribution in [2.75, 3.05) is 5.73 Å². The van der Waals surface area contributed by atoms with Crippen LogP contribution in [0, 0.1) is 12.7 Å². The van der Waals surface area contributed by atoms with Crippen LogP contribution in [0.25, 0.3) is 11.3 Å². The maximum atomic E-state index is 13.2. The van der Waals surface area contributed by atoms with Crippen molar-refractivity contribution in [2.24, 2.45) is 0 Å². The molecule has 0 radical (unpaired) electrons. The lowest BCUT2D eigenvalue weighted by Crippen LogP contribution is -2.08. The summed E-state index contributed by atoms with van der Waals surface area (Å²) in [6, 6.07) is 4.15. The Kier molecular flexibility index (Phi) is 3.13. The molecule has 2 N–H and O–H groups in total. The zero-order chi connectivity index (χ0) is 14.2. The fourth-order valence-corrected chi connectivity index (χ4v) is 1.64. The highest BCUT2D eigenvalue weighted by Gasteiger charge is 2.34. The Morgan fingerprint density at radius 2 is 1.79 bits per heavy atom. The second-order valence-corrected chi connectivity index (χ2v) is 3.95. The van der Waals surface area contributed by atoms with Gasteiger partial charge in [0.1, 0.15) is 5.82 Å². The summed E-state index contributed by atoms with van der Waals surface area (Å²) >= 11 is 0. The molecule has 0 fully saturated rings. The van der Waals surface area contributed by atoms with Gasteiger partial charge in [-0.1, -0.05) is 0 Å². The summed E-state index contributed by atoms with van der Waals surface area (Å²) < 4.78 is 51.0. The standard InChI is InChI=1S/C12H9F4N3/c1-6-4-10(19-11(17)18-6)7-2-3-9(13)8(5-7)12(14,15)16/h2-5H,1H3,(H2,17,18,19). The average Bonchev–Trinajstić information content (AvgIpc) is 2.26. The quantitative estimate of drug-likeness (QED) is 0.810. The van der Waals surface area contributed by atoms with Crippen LogP contribution >= 0.6 is 0 Å². The molecule has 2 rings (SSSR count). The third-order valence-electron chi connectivity index (χ3n) is 2.44. The van der Waals surface area contributed by atoms with Gasteiger partial charge in [-0.3, -0.25) is 0 Å². The molecule has 0 aliphatic carbocycles. The van der Waals surface area contributed by atoms with Crippen LogP contribution in [0.3, 0.4) is 0 Å². The number of anilines is 1. The van der Waals surface area contributed by atoms with Crippen molar-refractivity contribution in [1.29, 1.82) is 0 Å². The first kappa shape index (κ1) is 13.3. The molecule has 0 aliphatic heterocycles. The molecular weight excluding hydrogens is 262 g/mol. The van der Waals surface area contributed by atoms with Crippen molar-refractivity contribution in [3.8, 4) is 11.3 Å². The van der Waals surface area contributed by atoms with Crippen molar-refractivity contribution in [3.63, 3.8) is 0 Å². The van der Waals surface area contributed by atoms with E-state index in [4.69, 9.17) is 5.73 Å². The minimum atomic E-state index is -4.76. The monoisotopic (exact) mass is 271 g/mol. The van der Waals surface area contributed by atoms with E-state index in [0.29, 0.717) is 11.8 Å². The van der Waals surface area contributed by atoms with Gasteiger partial charge in [0.15, 0.2) is 0 Å². The molecule has 0 saturated heterocycles. The zero-order valence-electron chi connectivity index (χ0n) is 9.79. The highest BCUT2D eigenvalue weighted by Crippen LogP contribution is 2.34. The number of benzene rings is 1.